The molecule has 0 bridgehead atoms. The van der Waals surface area contributed by atoms with Crippen molar-refractivity contribution in [3.05, 3.63) is 36.3 Å². The Hall–Kier alpha value is -2.03. The van der Waals surface area contributed by atoms with Crippen LogP contribution >= 0.6 is 0 Å². The molecule has 2 N–H and O–H groups in total. The van der Waals surface area contributed by atoms with Crippen LogP contribution < -0.4 is 5.14 Å². The number of hydrogen-bond acceptors (Lipinski definition) is 5. The number of nitrogens with zero attached hydrogens (tertiary/aromatic N) is 3. The molecule has 8 heteroatoms. The molecule has 0 unspecified atom stereocenters. The van der Waals surface area contributed by atoms with Gasteiger partial charge in [-0.25, -0.2) is 18.5 Å². The fourth-order valence-electron chi connectivity index (χ4n) is 2.93. The summed E-state index contributed by atoms with van der Waals surface area (Å²) in [5.41, 5.74) is 2.74. The average Bonchev–Trinajstić information content (AvgIpc) is 2.94. The van der Waals surface area contributed by atoms with Gasteiger partial charge in [-0.15, -0.1) is 0 Å². The van der Waals surface area contributed by atoms with E-state index >= 15 is 0 Å². The van der Waals surface area contributed by atoms with E-state index in [0.29, 0.717) is 32.6 Å². The molecule has 3 rings (SSSR count). The summed E-state index contributed by atoms with van der Waals surface area (Å²) in [6, 6.07) is 7.92. The first-order chi connectivity index (χ1) is 12.0. The van der Waals surface area contributed by atoms with E-state index in [1.165, 1.54) is 0 Å². The molecule has 0 aliphatic carbocycles. The van der Waals surface area contributed by atoms with Gasteiger partial charge in [-0.05, 0) is 25.8 Å². The maximum Gasteiger partial charge on any atom is 0.209 e. The first kappa shape index (κ1) is 17.8. The van der Waals surface area contributed by atoms with E-state index in [9.17, 15) is 8.42 Å². The molecule has 0 amide bonds. The second-order valence-corrected chi connectivity index (χ2v) is 7.63. The SMILES string of the molecule is CCOCc1nc2cnc3ccccc3c2n1CCCCS(N)(=O)=O. The van der Waals surface area contributed by atoms with E-state index in [-0.39, 0.29) is 5.75 Å². The number of benzene rings is 1. The van der Waals surface area contributed by atoms with Gasteiger partial charge in [0.15, 0.2) is 0 Å². The van der Waals surface area contributed by atoms with E-state index in [4.69, 9.17) is 9.88 Å². The summed E-state index contributed by atoms with van der Waals surface area (Å²) >= 11 is 0. The number of pyridine rings is 1. The number of primary sulfonamides is 1. The fraction of sp³-hybridized carbons (Fsp3) is 0.412. The van der Waals surface area contributed by atoms with Crippen LogP contribution in [0.3, 0.4) is 0 Å². The number of hydrogen-bond donors (Lipinski definition) is 1. The van der Waals surface area contributed by atoms with Crippen LogP contribution in [0.5, 0.6) is 0 Å². The molecule has 0 saturated heterocycles. The van der Waals surface area contributed by atoms with Crippen LogP contribution in [0.15, 0.2) is 30.5 Å². The van der Waals surface area contributed by atoms with Crippen LogP contribution in [0, 0.1) is 0 Å². The lowest BCUT2D eigenvalue weighted by atomic mass is 10.2. The normalized spacial score (nSPS) is 12.2. The minimum absolute atomic E-state index is 0.0112. The van der Waals surface area contributed by atoms with Crippen LogP contribution in [-0.4, -0.2) is 35.3 Å². The highest BCUT2D eigenvalue weighted by Crippen LogP contribution is 2.25. The van der Waals surface area contributed by atoms with Crippen LogP contribution in [0.25, 0.3) is 21.9 Å². The van der Waals surface area contributed by atoms with Crippen molar-refractivity contribution >= 4 is 32.0 Å². The number of imidazole rings is 1. The number of sulfonamides is 1. The molecule has 0 saturated carbocycles. The van der Waals surface area contributed by atoms with Crippen molar-refractivity contribution in [3.8, 4) is 0 Å². The van der Waals surface area contributed by atoms with Gasteiger partial charge in [0, 0.05) is 18.5 Å². The predicted octanol–water partition coefficient (Wildman–Crippen LogP) is 2.19. The highest BCUT2D eigenvalue weighted by Gasteiger charge is 2.14. The van der Waals surface area contributed by atoms with E-state index < -0.39 is 10.0 Å². The Morgan fingerprint density at radius 3 is 2.76 bits per heavy atom. The molecular formula is C17H22N4O3S. The smallest absolute Gasteiger partial charge is 0.209 e. The Morgan fingerprint density at radius 1 is 1.20 bits per heavy atom. The largest absolute Gasteiger partial charge is 0.374 e. The number of aromatic nitrogens is 3. The van der Waals surface area contributed by atoms with Crippen molar-refractivity contribution in [2.24, 2.45) is 5.14 Å². The third kappa shape index (κ3) is 4.15. The number of para-hydroxylation sites is 1. The van der Waals surface area contributed by atoms with Crippen LogP contribution in [0.4, 0.5) is 0 Å². The van der Waals surface area contributed by atoms with Gasteiger partial charge < -0.3 is 9.30 Å². The maximum atomic E-state index is 11.1. The van der Waals surface area contributed by atoms with Crippen molar-refractivity contribution in [2.75, 3.05) is 12.4 Å². The maximum absolute atomic E-state index is 11.1. The Balaban J connectivity index is 1.98. The quantitative estimate of drug-likeness (QED) is 0.619. The molecule has 2 aromatic heterocycles. The van der Waals surface area contributed by atoms with Crippen molar-refractivity contribution in [1.29, 1.82) is 0 Å². The van der Waals surface area contributed by atoms with E-state index in [2.05, 4.69) is 14.5 Å². The minimum atomic E-state index is -3.43. The molecule has 0 fully saturated rings. The van der Waals surface area contributed by atoms with Crippen molar-refractivity contribution < 1.29 is 13.2 Å². The second kappa shape index (κ2) is 7.47. The minimum Gasteiger partial charge on any atom is -0.374 e. The molecular weight excluding hydrogens is 340 g/mol. The Labute approximate surface area is 146 Å². The summed E-state index contributed by atoms with van der Waals surface area (Å²) in [5.74, 6) is 0.813. The Bertz CT molecular complexity index is 982. The average molecular weight is 362 g/mol. The third-order valence-corrected chi connectivity index (χ3v) is 4.91. The zero-order valence-electron chi connectivity index (χ0n) is 14.2. The van der Waals surface area contributed by atoms with E-state index in [1.54, 1.807) is 6.20 Å². The molecule has 1 aromatic carbocycles. The Kier molecular flexibility index (Phi) is 5.31. The summed E-state index contributed by atoms with van der Waals surface area (Å²) in [5, 5.41) is 6.11. The predicted molar refractivity (Wildman–Crippen MR) is 97.6 cm³/mol. The topological polar surface area (TPSA) is 100 Å². The summed E-state index contributed by atoms with van der Waals surface area (Å²) in [6.07, 6.45) is 2.97. The summed E-state index contributed by atoms with van der Waals surface area (Å²) in [4.78, 5) is 9.12. The molecule has 0 spiro atoms. The second-order valence-electron chi connectivity index (χ2n) is 5.90. The van der Waals surface area contributed by atoms with E-state index in [0.717, 1.165) is 27.8 Å². The zero-order valence-corrected chi connectivity index (χ0v) is 15.0. The van der Waals surface area contributed by atoms with Crippen LogP contribution in [0.2, 0.25) is 0 Å². The number of fused-ring (bicyclic) bond motifs is 3. The summed E-state index contributed by atoms with van der Waals surface area (Å²) < 4.78 is 29.9. The molecule has 0 aliphatic rings. The van der Waals surface area contributed by atoms with Crippen molar-refractivity contribution in [3.63, 3.8) is 0 Å². The zero-order chi connectivity index (χ0) is 17.9. The lowest BCUT2D eigenvalue weighted by molar-refractivity contribution is 0.126. The number of ether oxygens (including phenoxy) is 1. The molecule has 0 radical (unpaired) electrons. The first-order valence-electron chi connectivity index (χ1n) is 8.30. The number of unbranched alkanes of at least 4 members (excludes halogenated alkanes) is 1. The number of aryl methyl sites for hydroxylation is 1. The van der Waals surface area contributed by atoms with Gasteiger partial charge in [-0.2, -0.15) is 0 Å². The highest BCUT2D eigenvalue weighted by molar-refractivity contribution is 7.89. The van der Waals surface area contributed by atoms with Crippen molar-refractivity contribution in [1.82, 2.24) is 14.5 Å². The fourth-order valence-corrected chi connectivity index (χ4v) is 3.53. The van der Waals surface area contributed by atoms with Crippen LogP contribution in [-0.2, 0) is 27.9 Å². The molecule has 0 aliphatic heterocycles. The van der Waals surface area contributed by atoms with Gasteiger partial charge in [-0.1, -0.05) is 18.2 Å². The molecule has 0 atom stereocenters. The van der Waals surface area contributed by atoms with Gasteiger partial charge in [0.25, 0.3) is 0 Å². The molecule has 134 valence electrons. The number of nitrogens with two attached hydrogens (primary N) is 1. The van der Waals surface area contributed by atoms with Gasteiger partial charge in [-0.3, -0.25) is 4.98 Å². The van der Waals surface area contributed by atoms with Gasteiger partial charge in [0.1, 0.15) is 17.9 Å². The van der Waals surface area contributed by atoms with E-state index in [1.807, 2.05) is 31.2 Å². The van der Waals surface area contributed by atoms with Gasteiger partial charge >= 0.3 is 0 Å². The first-order valence-corrected chi connectivity index (χ1v) is 10.0. The van der Waals surface area contributed by atoms with Gasteiger partial charge in [0.05, 0.1) is 23.0 Å². The summed E-state index contributed by atoms with van der Waals surface area (Å²) in [6.45, 7) is 3.61. The molecule has 2 heterocycles. The standard InChI is InChI=1S/C17H22N4O3S/c1-2-24-12-16-20-15-11-19-14-8-4-3-7-13(14)17(15)21(16)9-5-6-10-25(18,22)23/h3-4,7-8,11H,2,5-6,9-10,12H2,1H3,(H2,18,22,23). The van der Waals surface area contributed by atoms with Gasteiger partial charge in [0.2, 0.25) is 10.0 Å². The third-order valence-electron chi connectivity index (χ3n) is 4.05. The monoisotopic (exact) mass is 362 g/mol. The summed E-state index contributed by atoms with van der Waals surface area (Å²) in [7, 11) is -3.43. The lowest BCUT2D eigenvalue weighted by Gasteiger charge is -2.10. The highest BCUT2D eigenvalue weighted by atomic mass is 32.2. The number of rotatable bonds is 8. The Morgan fingerprint density at radius 2 is 2.00 bits per heavy atom. The van der Waals surface area contributed by atoms with Crippen LogP contribution in [0.1, 0.15) is 25.6 Å². The lowest BCUT2D eigenvalue weighted by Crippen LogP contribution is -2.17. The molecule has 7 nitrogen and oxygen atoms in total. The molecule has 25 heavy (non-hydrogen) atoms. The molecule has 3 aromatic rings. The van der Waals surface area contributed by atoms with Crippen molar-refractivity contribution in [2.45, 2.75) is 32.9 Å².